The van der Waals surface area contributed by atoms with Gasteiger partial charge in [-0.3, -0.25) is 4.79 Å². The summed E-state index contributed by atoms with van der Waals surface area (Å²) >= 11 is 6.18. The van der Waals surface area contributed by atoms with Crippen molar-refractivity contribution in [3.63, 3.8) is 0 Å². The lowest BCUT2D eigenvalue weighted by molar-refractivity contribution is -0.0496. The zero-order valence-corrected chi connectivity index (χ0v) is 19.7. The number of carbonyl (C=O) groups excluding carboxylic acids is 1. The fraction of sp³-hybridized carbons (Fsp3) is 0.409. The Morgan fingerprint density at radius 3 is 2.34 bits per heavy atom. The van der Waals surface area contributed by atoms with Crippen LogP contribution in [-0.2, 0) is 9.84 Å². The lowest BCUT2D eigenvalue weighted by Crippen LogP contribution is -2.50. The number of aliphatic hydroxyl groups is 1. The Morgan fingerprint density at radius 2 is 1.77 bits per heavy atom. The number of nitrogens with zero attached hydrogens (tertiary/aromatic N) is 3. The minimum Gasteiger partial charge on any atom is -0.389 e. The SMILES string of the molecule is [N-]=[N+]=NC[C@]1(O)C2CCC1C[C@@H](S(=O)(=O)c1cc(C(=O)Nc3cc(F)c(F)c(F)c3)ccc1Cl)C2. The number of halogens is 4. The summed E-state index contributed by atoms with van der Waals surface area (Å²) in [4.78, 5) is 15.0. The van der Waals surface area contributed by atoms with E-state index < -0.39 is 44.0 Å². The van der Waals surface area contributed by atoms with Crippen LogP contribution in [0.15, 0.2) is 40.3 Å². The Morgan fingerprint density at radius 1 is 1.17 bits per heavy atom. The van der Waals surface area contributed by atoms with Gasteiger partial charge in [0.15, 0.2) is 27.3 Å². The van der Waals surface area contributed by atoms with Gasteiger partial charge in [-0.2, -0.15) is 0 Å². The molecule has 13 heteroatoms. The molecule has 2 aliphatic carbocycles. The highest BCUT2D eigenvalue weighted by molar-refractivity contribution is 7.92. The molecule has 8 nitrogen and oxygen atoms in total. The molecule has 0 aliphatic heterocycles. The van der Waals surface area contributed by atoms with Crippen molar-refractivity contribution in [2.75, 3.05) is 11.9 Å². The molecule has 0 saturated heterocycles. The average molecular weight is 529 g/mol. The number of azide groups is 1. The van der Waals surface area contributed by atoms with Gasteiger partial charge in [-0.1, -0.05) is 16.7 Å². The second kappa shape index (κ2) is 9.34. The number of sulfone groups is 1. The number of carbonyl (C=O) groups is 1. The first kappa shape index (κ1) is 25.3. The molecule has 0 spiro atoms. The fourth-order valence-corrected chi connectivity index (χ4v) is 7.54. The largest absolute Gasteiger partial charge is 0.389 e. The van der Waals surface area contributed by atoms with Crippen LogP contribution in [0.25, 0.3) is 10.4 Å². The molecule has 2 aromatic rings. The first-order chi connectivity index (χ1) is 16.5. The molecule has 186 valence electrons. The molecule has 0 aromatic heterocycles. The standard InChI is InChI=1S/C22H20ClF3N4O4S/c23-16-4-1-11(21(31)29-14-8-17(24)20(26)18(25)9-14)5-19(16)35(33,34)15-6-12-2-3-13(7-15)22(12,32)10-28-30-27/h1,4-5,8-9,12-13,15,32H,2-3,6-7,10H2,(H,29,31)/t12?,13?,15-,22-. The summed E-state index contributed by atoms with van der Waals surface area (Å²) in [7, 11) is -4.03. The molecule has 0 heterocycles. The predicted molar refractivity (Wildman–Crippen MR) is 121 cm³/mol. The summed E-state index contributed by atoms with van der Waals surface area (Å²) in [6, 6.07) is 4.74. The van der Waals surface area contributed by atoms with Crippen molar-refractivity contribution in [3.8, 4) is 0 Å². The maximum Gasteiger partial charge on any atom is 0.255 e. The maximum atomic E-state index is 13.5. The van der Waals surface area contributed by atoms with Gasteiger partial charge in [0.2, 0.25) is 0 Å². The number of hydrogen-bond acceptors (Lipinski definition) is 5. The summed E-state index contributed by atoms with van der Waals surface area (Å²) in [5.41, 5.74) is 6.86. The van der Waals surface area contributed by atoms with E-state index >= 15 is 0 Å². The predicted octanol–water partition coefficient (Wildman–Crippen LogP) is 5.01. The van der Waals surface area contributed by atoms with Crippen LogP contribution in [0.3, 0.4) is 0 Å². The van der Waals surface area contributed by atoms with E-state index in [0.717, 1.165) is 6.07 Å². The van der Waals surface area contributed by atoms with Gasteiger partial charge in [-0.05, 0) is 61.2 Å². The van der Waals surface area contributed by atoms with E-state index in [4.69, 9.17) is 17.1 Å². The zero-order valence-electron chi connectivity index (χ0n) is 18.1. The molecule has 2 unspecified atom stereocenters. The highest BCUT2D eigenvalue weighted by atomic mass is 35.5. The van der Waals surface area contributed by atoms with Crippen LogP contribution in [0, 0.1) is 29.3 Å². The summed E-state index contributed by atoms with van der Waals surface area (Å²) in [6.45, 7) is -0.132. The number of benzene rings is 2. The van der Waals surface area contributed by atoms with Crippen LogP contribution in [0.1, 0.15) is 36.0 Å². The Bertz CT molecular complexity index is 1310. The van der Waals surface area contributed by atoms with Crippen LogP contribution < -0.4 is 5.32 Å². The number of rotatable bonds is 6. The van der Waals surface area contributed by atoms with E-state index in [9.17, 15) is 31.5 Å². The first-order valence-corrected chi connectivity index (χ1v) is 12.6. The third-order valence-corrected chi connectivity index (χ3v) is 9.60. The Labute approximate surface area is 203 Å². The molecule has 4 rings (SSSR count). The van der Waals surface area contributed by atoms with Gasteiger partial charge in [0.05, 0.1) is 27.3 Å². The van der Waals surface area contributed by atoms with Gasteiger partial charge in [0, 0.05) is 28.3 Å². The second-order valence-electron chi connectivity index (χ2n) is 8.84. The molecule has 2 aliphatic rings. The molecule has 2 fully saturated rings. The Balaban J connectivity index is 1.59. The minimum absolute atomic E-state index is 0.109. The van der Waals surface area contributed by atoms with Crippen LogP contribution in [-0.4, -0.2) is 36.8 Å². The Hall–Kier alpha value is -2.79. The first-order valence-electron chi connectivity index (χ1n) is 10.7. The smallest absolute Gasteiger partial charge is 0.255 e. The van der Waals surface area contributed by atoms with Crippen molar-refractivity contribution in [2.45, 2.75) is 41.4 Å². The fourth-order valence-electron chi connectivity index (χ4n) is 5.14. The highest BCUT2D eigenvalue weighted by Gasteiger charge is 2.55. The number of nitrogens with one attached hydrogen (secondary N) is 1. The van der Waals surface area contributed by atoms with Gasteiger partial charge in [0.25, 0.3) is 5.91 Å². The summed E-state index contributed by atoms with van der Waals surface area (Å²) in [6.07, 6.45) is 1.46. The van der Waals surface area contributed by atoms with Crippen molar-refractivity contribution in [2.24, 2.45) is 17.0 Å². The molecule has 2 atom stereocenters. The van der Waals surface area contributed by atoms with Crippen LogP contribution in [0.5, 0.6) is 0 Å². The molecule has 2 saturated carbocycles. The van der Waals surface area contributed by atoms with Gasteiger partial charge in [-0.15, -0.1) is 0 Å². The minimum atomic E-state index is -4.03. The average Bonchev–Trinajstić information content (AvgIpc) is 2.97. The molecule has 1 amide bonds. The molecular weight excluding hydrogens is 509 g/mol. The van der Waals surface area contributed by atoms with E-state index in [1.165, 1.54) is 12.1 Å². The quantitative estimate of drug-likeness (QED) is 0.236. The monoisotopic (exact) mass is 528 g/mol. The summed E-state index contributed by atoms with van der Waals surface area (Å²) in [5.74, 6) is -6.30. The summed E-state index contributed by atoms with van der Waals surface area (Å²) < 4.78 is 67.1. The van der Waals surface area contributed by atoms with Crippen molar-refractivity contribution in [1.82, 2.24) is 0 Å². The van der Waals surface area contributed by atoms with Crippen molar-refractivity contribution >= 4 is 33.0 Å². The van der Waals surface area contributed by atoms with Gasteiger partial charge in [0.1, 0.15) is 0 Å². The third kappa shape index (κ3) is 4.58. The summed E-state index contributed by atoms with van der Waals surface area (Å²) in [5, 5.41) is 15.7. The highest BCUT2D eigenvalue weighted by Crippen LogP contribution is 2.52. The van der Waals surface area contributed by atoms with Crippen molar-refractivity contribution in [3.05, 3.63) is 68.8 Å². The molecule has 0 radical (unpaired) electrons. The van der Waals surface area contributed by atoms with E-state index in [2.05, 4.69) is 15.3 Å². The molecule has 2 aromatic carbocycles. The maximum absolute atomic E-state index is 13.5. The molecule has 2 N–H and O–H groups in total. The van der Waals surface area contributed by atoms with Crippen LogP contribution >= 0.6 is 11.6 Å². The van der Waals surface area contributed by atoms with E-state index in [1.54, 1.807) is 0 Å². The Kier molecular flexibility index (Phi) is 6.76. The number of amides is 1. The lowest BCUT2D eigenvalue weighted by Gasteiger charge is -2.41. The van der Waals surface area contributed by atoms with Crippen LogP contribution in [0.4, 0.5) is 18.9 Å². The third-order valence-electron chi connectivity index (χ3n) is 6.94. The number of anilines is 1. The molecule has 35 heavy (non-hydrogen) atoms. The lowest BCUT2D eigenvalue weighted by atomic mass is 9.74. The van der Waals surface area contributed by atoms with Gasteiger partial charge >= 0.3 is 0 Å². The van der Waals surface area contributed by atoms with E-state index in [-0.39, 0.29) is 52.4 Å². The van der Waals surface area contributed by atoms with Gasteiger partial charge < -0.3 is 10.4 Å². The van der Waals surface area contributed by atoms with Crippen molar-refractivity contribution < 1.29 is 31.5 Å². The normalized spacial score (nSPS) is 25.7. The molecular formula is C22H20ClF3N4O4S. The number of fused-ring (bicyclic) bond motifs is 2. The van der Waals surface area contributed by atoms with Gasteiger partial charge in [-0.25, -0.2) is 21.6 Å². The van der Waals surface area contributed by atoms with Crippen molar-refractivity contribution in [1.29, 1.82) is 0 Å². The zero-order chi connectivity index (χ0) is 25.5. The molecule has 2 bridgehead atoms. The van der Waals surface area contributed by atoms with E-state index in [0.29, 0.717) is 25.0 Å². The second-order valence-corrected chi connectivity index (χ2v) is 11.4. The van der Waals surface area contributed by atoms with E-state index in [1.807, 2.05) is 0 Å². The topological polar surface area (TPSA) is 132 Å². The van der Waals surface area contributed by atoms with Crippen LogP contribution in [0.2, 0.25) is 5.02 Å². The number of hydrogen-bond donors (Lipinski definition) is 2.